The zero-order valence-corrected chi connectivity index (χ0v) is 15.7. The number of anilines is 2. The van der Waals surface area contributed by atoms with Crippen LogP contribution in [0.1, 0.15) is 11.1 Å². The van der Waals surface area contributed by atoms with E-state index in [2.05, 4.69) is 5.32 Å². The van der Waals surface area contributed by atoms with Crippen LogP contribution < -0.4 is 15.0 Å². The number of benzene rings is 3. The normalized spacial score (nSPS) is 13.1. The molecule has 0 saturated carbocycles. The molecule has 29 heavy (non-hydrogen) atoms. The maximum atomic E-state index is 12.6. The molecule has 1 N–H and O–H groups in total. The summed E-state index contributed by atoms with van der Waals surface area (Å²) in [5.74, 6) is 0.320. The molecule has 3 aromatic rings. The standard InChI is InChI=1S/C24H20N2O3/c27-23-16-26(22-9-5-4-8-21(22)25-23)24(28)15-12-18-10-13-20(14-11-18)29-17-19-6-2-1-3-7-19/h1-15H,16-17H2,(H,25,27)/b15-12+. The van der Waals surface area contributed by atoms with Crippen molar-refractivity contribution in [1.82, 2.24) is 0 Å². The molecule has 0 atom stereocenters. The first-order chi connectivity index (χ1) is 14.2. The number of nitrogens with zero attached hydrogens (tertiary/aromatic N) is 1. The van der Waals surface area contributed by atoms with Gasteiger partial charge in [-0.2, -0.15) is 0 Å². The van der Waals surface area contributed by atoms with E-state index in [0.29, 0.717) is 18.0 Å². The van der Waals surface area contributed by atoms with E-state index < -0.39 is 0 Å². The van der Waals surface area contributed by atoms with Crippen molar-refractivity contribution in [2.75, 3.05) is 16.8 Å². The predicted octanol–water partition coefficient (Wildman–Crippen LogP) is 4.26. The van der Waals surface area contributed by atoms with E-state index in [1.807, 2.05) is 72.8 Å². The molecule has 0 spiro atoms. The summed E-state index contributed by atoms with van der Waals surface area (Å²) in [7, 11) is 0. The third kappa shape index (κ3) is 4.52. The zero-order chi connectivity index (χ0) is 20.1. The monoisotopic (exact) mass is 384 g/mol. The van der Waals surface area contributed by atoms with Crippen LogP contribution in [-0.2, 0) is 16.2 Å². The molecule has 1 aliphatic rings. The number of amides is 2. The molecule has 4 rings (SSSR count). The fraction of sp³-hybridized carbons (Fsp3) is 0.0833. The van der Waals surface area contributed by atoms with Gasteiger partial charge in [0, 0.05) is 6.08 Å². The van der Waals surface area contributed by atoms with Crippen molar-refractivity contribution in [2.45, 2.75) is 6.61 Å². The van der Waals surface area contributed by atoms with Crippen LogP contribution in [0.4, 0.5) is 11.4 Å². The van der Waals surface area contributed by atoms with Crippen LogP contribution in [0.25, 0.3) is 6.08 Å². The highest BCUT2D eigenvalue weighted by Crippen LogP contribution is 2.29. The molecule has 5 heteroatoms. The summed E-state index contributed by atoms with van der Waals surface area (Å²) in [6, 6.07) is 24.8. The molecule has 0 saturated heterocycles. The Hall–Kier alpha value is -3.86. The molecule has 0 unspecified atom stereocenters. The smallest absolute Gasteiger partial charge is 0.251 e. The van der Waals surface area contributed by atoms with Crippen LogP contribution in [0.15, 0.2) is 84.9 Å². The van der Waals surface area contributed by atoms with Gasteiger partial charge in [0.05, 0.1) is 11.4 Å². The fourth-order valence-corrected chi connectivity index (χ4v) is 3.10. The van der Waals surface area contributed by atoms with Gasteiger partial charge in [0.1, 0.15) is 18.9 Å². The number of hydrogen-bond donors (Lipinski definition) is 1. The number of carbonyl (C=O) groups is 2. The van der Waals surface area contributed by atoms with E-state index in [-0.39, 0.29) is 18.4 Å². The maximum Gasteiger partial charge on any atom is 0.251 e. The van der Waals surface area contributed by atoms with E-state index in [1.54, 1.807) is 12.1 Å². The SMILES string of the molecule is O=C1CN(C(=O)/C=C/c2ccc(OCc3ccccc3)cc2)c2ccccc2N1. The lowest BCUT2D eigenvalue weighted by molar-refractivity contribution is -0.119. The Kier molecular flexibility index (Phi) is 5.38. The number of para-hydroxylation sites is 2. The highest BCUT2D eigenvalue weighted by atomic mass is 16.5. The number of nitrogens with one attached hydrogen (secondary N) is 1. The first-order valence-corrected chi connectivity index (χ1v) is 9.34. The second-order valence-corrected chi connectivity index (χ2v) is 6.67. The Morgan fingerprint density at radius 2 is 1.69 bits per heavy atom. The lowest BCUT2D eigenvalue weighted by atomic mass is 10.1. The maximum absolute atomic E-state index is 12.6. The number of rotatable bonds is 5. The molecule has 1 heterocycles. The van der Waals surface area contributed by atoms with Crippen molar-refractivity contribution in [3.8, 4) is 5.75 Å². The lowest BCUT2D eigenvalue weighted by Gasteiger charge is -2.28. The van der Waals surface area contributed by atoms with E-state index in [0.717, 1.165) is 16.9 Å². The minimum Gasteiger partial charge on any atom is -0.489 e. The summed E-state index contributed by atoms with van der Waals surface area (Å²) in [6.45, 7) is 0.511. The number of hydrogen-bond acceptors (Lipinski definition) is 3. The summed E-state index contributed by atoms with van der Waals surface area (Å²) in [6.07, 6.45) is 3.22. The average Bonchev–Trinajstić information content (AvgIpc) is 2.77. The van der Waals surface area contributed by atoms with Crippen molar-refractivity contribution >= 4 is 29.3 Å². The highest BCUT2D eigenvalue weighted by molar-refractivity contribution is 6.13. The quantitative estimate of drug-likeness (QED) is 0.669. The molecule has 0 fully saturated rings. The molecule has 2 amide bonds. The van der Waals surface area contributed by atoms with Gasteiger partial charge >= 0.3 is 0 Å². The van der Waals surface area contributed by atoms with Crippen molar-refractivity contribution in [3.05, 3.63) is 96.1 Å². The molecule has 0 bridgehead atoms. The minimum atomic E-state index is -0.239. The molecule has 0 radical (unpaired) electrons. The largest absolute Gasteiger partial charge is 0.489 e. The molecule has 0 aromatic heterocycles. The molecule has 0 aliphatic carbocycles. The Morgan fingerprint density at radius 1 is 0.966 bits per heavy atom. The minimum absolute atomic E-state index is 0.00640. The van der Waals surface area contributed by atoms with E-state index in [4.69, 9.17) is 4.74 Å². The van der Waals surface area contributed by atoms with Crippen LogP contribution in [0, 0.1) is 0 Å². The molecule has 3 aromatic carbocycles. The van der Waals surface area contributed by atoms with Crippen molar-refractivity contribution in [1.29, 1.82) is 0 Å². The van der Waals surface area contributed by atoms with E-state index in [1.165, 1.54) is 11.0 Å². The van der Waals surface area contributed by atoms with Gasteiger partial charge < -0.3 is 10.1 Å². The van der Waals surface area contributed by atoms with Gasteiger partial charge in [-0.25, -0.2) is 0 Å². The fourth-order valence-electron chi connectivity index (χ4n) is 3.10. The Labute approximate surface area is 169 Å². The van der Waals surface area contributed by atoms with Crippen LogP contribution in [-0.4, -0.2) is 18.4 Å². The van der Waals surface area contributed by atoms with Gasteiger partial charge in [0.15, 0.2) is 0 Å². The van der Waals surface area contributed by atoms with Crippen LogP contribution >= 0.6 is 0 Å². The third-order valence-electron chi connectivity index (χ3n) is 4.58. The van der Waals surface area contributed by atoms with Gasteiger partial charge in [-0.1, -0.05) is 54.6 Å². The topological polar surface area (TPSA) is 58.6 Å². The molecule has 1 aliphatic heterocycles. The second-order valence-electron chi connectivity index (χ2n) is 6.67. The number of carbonyl (C=O) groups excluding carboxylic acids is 2. The molecular weight excluding hydrogens is 364 g/mol. The van der Waals surface area contributed by atoms with E-state index in [9.17, 15) is 9.59 Å². The third-order valence-corrected chi connectivity index (χ3v) is 4.58. The first-order valence-electron chi connectivity index (χ1n) is 9.34. The predicted molar refractivity (Wildman–Crippen MR) is 114 cm³/mol. The van der Waals surface area contributed by atoms with Crippen molar-refractivity contribution in [2.24, 2.45) is 0 Å². The average molecular weight is 384 g/mol. The van der Waals surface area contributed by atoms with Gasteiger partial charge in [0.25, 0.3) is 5.91 Å². The zero-order valence-electron chi connectivity index (χ0n) is 15.7. The summed E-state index contributed by atoms with van der Waals surface area (Å²) in [5, 5.41) is 2.78. The van der Waals surface area contributed by atoms with Crippen LogP contribution in [0.2, 0.25) is 0 Å². The van der Waals surface area contributed by atoms with Gasteiger partial charge in [-0.15, -0.1) is 0 Å². The Morgan fingerprint density at radius 3 is 2.48 bits per heavy atom. The summed E-state index contributed by atoms with van der Waals surface area (Å²) in [5.41, 5.74) is 3.32. The summed E-state index contributed by atoms with van der Waals surface area (Å²) >= 11 is 0. The van der Waals surface area contributed by atoms with Gasteiger partial charge in [0.2, 0.25) is 5.91 Å². The Bertz CT molecular complexity index is 1040. The number of ether oxygens (including phenoxy) is 1. The molecule has 144 valence electrons. The van der Waals surface area contributed by atoms with Gasteiger partial charge in [-0.3, -0.25) is 14.5 Å². The molecule has 5 nitrogen and oxygen atoms in total. The van der Waals surface area contributed by atoms with Crippen molar-refractivity contribution in [3.63, 3.8) is 0 Å². The summed E-state index contributed by atoms with van der Waals surface area (Å²) < 4.78 is 5.77. The van der Waals surface area contributed by atoms with E-state index >= 15 is 0 Å². The first kappa shape index (κ1) is 18.5. The summed E-state index contributed by atoms with van der Waals surface area (Å²) in [4.78, 5) is 26.0. The number of fused-ring (bicyclic) bond motifs is 1. The van der Waals surface area contributed by atoms with Gasteiger partial charge in [-0.05, 0) is 41.5 Å². The highest BCUT2D eigenvalue weighted by Gasteiger charge is 2.24. The van der Waals surface area contributed by atoms with Crippen LogP contribution in [0.3, 0.4) is 0 Å². The second kappa shape index (κ2) is 8.44. The lowest BCUT2D eigenvalue weighted by Crippen LogP contribution is -2.41. The Balaban J connectivity index is 1.40. The van der Waals surface area contributed by atoms with Crippen LogP contribution in [0.5, 0.6) is 5.75 Å². The molecular formula is C24H20N2O3. The van der Waals surface area contributed by atoms with Crippen molar-refractivity contribution < 1.29 is 14.3 Å².